The maximum absolute atomic E-state index is 10.7. The summed E-state index contributed by atoms with van der Waals surface area (Å²) in [6, 6.07) is 0. The van der Waals surface area contributed by atoms with E-state index in [-0.39, 0.29) is 6.54 Å². The average Bonchev–Trinajstić information content (AvgIpc) is 1.83. The lowest BCUT2D eigenvalue weighted by molar-refractivity contribution is -0.148. The van der Waals surface area contributed by atoms with Crippen molar-refractivity contribution in [3.8, 4) is 0 Å². The van der Waals surface area contributed by atoms with E-state index >= 15 is 0 Å². The lowest BCUT2D eigenvalue weighted by Crippen LogP contribution is -2.58. The number of carbonyl (C=O) groups excluding carboxylic acids is 1. The van der Waals surface area contributed by atoms with Gasteiger partial charge in [-0.15, -0.1) is 0 Å². The van der Waals surface area contributed by atoms with Gasteiger partial charge in [-0.05, 0) is 19.3 Å². The van der Waals surface area contributed by atoms with Gasteiger partial charge in [0, 0.05) is 0 Å². The van der Waals surface area contributed by atoms with Crippen molar-refractivity contribution in [1.29, 1.82) is 0 Å². The van der Waals surface area contributed by atoms with Crippen LogP contribution in [0, 0.1) is 0 Å². The van der Waals surface area contributed by atoms with Gasteiger partial charge >= 0.3 is 5.97 Å². The lowest BCUT2D eigenvalue weighted by Gasteiger charge is -2.38. The van der Waals surface area contributed by atoms with Crippen LogP contribution in [0.4, 0.5) is 0 Å². The van der Waals surface area contributed by atoms with Crippen LogP contribution in [0.25, 0.3) is 0 Å². The minimum Gasteiger partial charge on any atom is -0.480 e. The van der Waals surface area contributed by atoms with Crippen molar-refractivity contribution in [2.45, 2.75) is 24.8 Å². The highest BCUT2D eigenvalue weighted by molar-refractivity contribution is 5.82. The van der Waals surface area contributed by atoms with Gasteiger partial charge in [0.25, 0.3) is 0 Å². The Morgan fingerprint density at radius 2 is 2.08 bits per heavy atom. The number of hydrogen-bond acceptors (Lipinski definition) is 3. The van der Waals surface area contributed by atoms with Gasteiger partial charge in [-0.2, -0.15) is 0 Å². The molecule has 0 aliphatic heterocycles. The van der Waals surface area contributed by atoms with Crippen LogP contribution in [0.3, 0.4) is 0 Å². The van der Waals surface area contributed by atoms with Gasteiger partial charge in [0.05, 0.1) is 6.54 Å². The first kappa shape index (κ1) is 8.99. The minimum atomic E-state index is -0.894. The number of carbonyl (C=O) groups is 2. The first-order chi connectivity index (χ1) is 5.57. The molecule has 68 valence electrons. The van der Waals surface area contributed by atoms with Crippen molar-refractivity contribution in [2.75, 3.05) is 6.54 Å². The summed E-state index contributed by atoms with van der Waals surface area (Å²) >= 11 is 0. The number of amides is 1. The second-order valence-electron chi connectivity index (χ2n) is 3.06. The second kappa shape index (κ2) is 3.10. The van der Waals surface area contributed by atoms with Crippen LogP contribution in [-0.2, 0) is 9.59 Å². The third-order valence-corrected chi connectivity index (χ3v) is 2.22. The maximum Gasteiger partial charge on any atom is 0.323 e. The Morgan fingerprint density at radius 3 is 2.33 bits per heavy atom. The fourth-order valence-electron chi connectivity index (χ4n) is 1.25. The molecule has 0 aromatic rings. The zero-order chi connectivity index (χ0) is 9.19. The summed E-state index contributed by atoms with van der Waals surface area (Å²) in [4.78, 5) is 21.1. The topological polar surface area (TPSA) is 92.4 Å². The monoisotopic (exact) mass is 172 g/mol. The van der Waals surface area contributed by atoms with Gasteiger partial charge in [0.1, 0.15) is 5.54 Å². The Bertz CT molecular complexity index is 211. The first-order valence-electron chi connectivity index (χ1n) is 3.83. The Hall–Kier alpha value is -1.10. The van der Waals surface area contributed by atoms with E-state index in [2.05, 4.69) is 5.32 Å². The lowest BCUT2D eigenvalue weighted by atomic mass is 9.77. The fourth-order valence-corrected chi connectivity index (χ4v) is 1.25. The van der Waals surface area contributed by atoms with Crippen molar-refractivity contribution < 1.29 is 14.7 Å². The summed E-state index contributed by atoms with van der Waals surface area (Å²) in [5.74, 6) is -1.42. The van der Waals surface area contributed by atoms with Gasteiger partial charge in [-0.3, -0.25) is 14.9 Å². The molecule has 0 aromatic heterocycles. The molecule has 5 heteroatoms. The molecule has 12 heavy (non-hydrogen) atoms. The highest BCUT2D eigenvalue weighted by Crippen LogP contribution is 2.31. The van der Waals surface area contributed by atoms with Gasteiger partial charge < -0.3 is 10.8 Å². The molecule has 0 spiro atoms. The largest absolute Gasteiger partial charge is 0.480 e. The van der Waals surface area contributed by atoms with Crippen LogP contribution < -0.4 is 11.1 Å². The van der Waals surface area contributed by atoms with E-state index < -0.39 is 17.4 Å². The zero-order valence-electron chi connectivity index (χ0n) is 6.67. The number of rotatable bonds is 4. The molecule has 0 unspecified atom stereocenters. The van der Waals surface area contributed by atoms with E-state index in [1.54, 1.807) is 0 Å². The second-order valence-corrected chi connectivity index (χ2v) is 3.06. The molecule has 1 amide bonds. The Morgan fingerprint density at radius 1 is 1.50 bits per heavy atom. The Kier molecular flexibility index (Phi) is 2.32. The third kappa shape index (κ3) is 1.55. The van der Waals surface area contributed by atoms with E-state index in [9.17, 15) is 9.59 Å². The summed E-state index contributed by atoms with van der Waals surface area (Å²) in [7, 11) is 0. The fraction of sp³-hybridized carbons (Fsp3) is 0.714. The summed E-state index contributed by atoms with van der Waals surface area (Å²) in [5, 5.41) is 11.4. The minimum absolute atomic E-state index is 0.0632. The van der Waals surface area contributed by atoms with Crippen LogP contribution in [0.5, 0.6) is 0 Å². The van der Waals surface area contributed by atoms with Crippen LogP contribution in [-0.4, -0.2) is 29.1 Å². The Labute approximate surface area is 69.9 Å². The number of hydrogen-bond donors (Lipinski definition) is 3. The third-order valence-electron chi connectivity index (χ3n) is 2.22. The van der Waals surface area contributed by atoms with Crippen molar-refractivity contribution in [3.05, 3.63) is 0 Å². The zero-order valence-corrected chi connectivity index (χ0v) is 6.67. The van der Waals surface area contributed by atoms with Gasteiger partial charge in [-0.1, -0.05) is 0 Å². The molecule has 0 aromatic carbocycles. The van der Waals surface area contributed by atoms with Gasteiger partial charge in [0.15, 0.2) is 0 Å². The highest BCUT2D eigenvalue weighted by atomic mass is 16.4. The van der Waals surface area contributed by atoms with E-state index in [0.717, 1.165) is 6.42 Å². The summed E-state index contributed by atoms with van der Waals surface area (Å²) in [6.45, 7) is -0.0632. The number of nitrogens with two attached hydrogens (primary N) is 1. The summed E-state index contributed by atoms with van der Waals surface area (Å²) in [5.41, 5.74) is 4.00. The van der Waals surface area contributed by atoms with Crippen molar-refractivity contribution in [1.82, 2.24) is 5.32 Å². The normalized spacial score (nSPS) is 19.7. The molecule has 4 N–H and O–H groups in total. The number of carboxylic acids is 1. The van der Waals surface area contributed by atoms with E-state index in [4.69, 9.17) is 10.8 Å². The molecule has 0 saturated heterocycles. The van der Waals surface area contributed by atoms with E-state index in [1.165, 1.54) is 0 Å². The molecule has 0 radical (unpaired) electrons. The first-order valence-corrected chi connectivity index (χ1v) is 3.83. The van der Waals surface area contributed by atoms with E-state index in [0.29, 0.717) is 12.8 Å². The molecule has 0 bridgehead atoms. The molecular weight excluding hydrogens is 160 g/mol. The number of nitrogens with one attached hydrogen (secondary N) is 1. The number of carboxylic acid groups (broad SMARTS) is 1. The summed E-state index contributed by atoms with van der Waals surface area (Å²) < 4.78 is 0. The average molecular weight is 172 g/mol. The number of aliphatic carboxylic acids is 1. The van der Waals surface area contributed by atoms with Crippen LogP contribution >= 0.6 is 0 Å². The van der Waals surface area contributed by atoms with Crippen molar-refractivity contribution >= 4 is 11.9 Å². The molecule has 0 heterocycles. The molecule has 1 aliphatic carbocycles. The van der Waals surface area contributed by atoms with Crippen molar-refractivity contribution in [3.63, 3.8) is 0 Å². The number of primary amides is 1. The summed E-state index contributed by atoms with van der Waals surface area (Å²) in [6.07, 6.45) is 2.04. The SMILES string of the molecule is NC(=O)CNC1(C(=O)O)CCC1. The highest BCUT2D eigenvalue weighted by Gasteiger charge is 2.43. The standard InChI is InChI=1S/C7H12N2O3/c8-5(10)4-9-7(6(11)12)2-1-3-7/h9H,1-4H2,(H2,8,10)(H,11,12). The molecule has 5 nitrogen and oxygen atoms in total. The van der Waals surface area contributed by atoms with Gasteiger partial charge in [0.2, 0.25) is 5.91 Å². The molecule has 1 saturated carbocycles. The Balaban J connectivity index is 2.45. The van der Waals surface area contributed by atoms with Crippen LogP contribution in [0.2, 0.25) is 0 Å². The molecular formula is C7H12N2O3. The molecule has 0 atom stereocenters. The predicted octanol–water partition coefficient (Wildman–Crippen LogP) is -0.931. The molecule has 1 rings (SSSR count). The molecule has 1 fully saturated rings. The van der Waals surface area contributed by atoms with Gasteiger partial charge in [-0.25, -0.2) is 0 Å². The quantitative estimate of drug-likeness (QED) is 0.510. The van der Waals surface area contributed by atoms with Crippen molar-refractivity contribution in [2.24, 2.45) is 5.73 Å². The van der Waals surface area contributed by atoms with Crippen LogP contribution in [0.1, 0.15) is 19.3 Å². The van der Waals surface area contributed by atoms with E-state index in [1.807, 2.05) is 0 Å². The predicted molar refractivity (Wildman–Crippen MR) is 41.4 cm³/mol. The maximum atomic E-state index is 10.7. The smallest absolute Gasteiger partial charge is 0.323 e. The molecule has 1 aliphatic rings. The van der Waals surface area contributed by atoms with Crippen LogP contribution in [0.15, 0.2) is 0 Å².